The van der Waals surface area contributed by atoms with Crippen LogP contribution in [0.5, 0.6) is 0 Å². The van der Waals surface area contributed by atoms with Crippen molar-refractivity contribution in [3.63, 3.8) is 0 Å². The zero-order valence-electron chi connectivity index (χ0n) is 14.3. The van der Waals surface area contributed by atoms with Gasteiger partial charge in [-0.2, -0.15) is 0 Å². The number of oxazole rings is 1. The van der Waals surface area contributed by atoms with Gasteiger partial charge in [-0.1, -0.05) is 20.8 Å². The highest BCUT2D eigenvalue weighted by Crippen LogP contribution is 2.13. The third kappa shape index (κ3) is 5.77. The van der Waals surface area contributed by atoms with Gasteiger partial charge in [0.15, 0.2) is 5.69 Å². The predicted octanol–water partition coefficient (Wildman–Crippen LogP) is 2.32. The number of amides is 1. The van der Waals surface area contributed by atoms with Crippen molar-refractivity contribution >= 4 is 5.91 Å². The SMILES string of the molecule is CCC(N)c1nc(C(=O)NC(C)CCCN(CC)CC)co1. The summed E-state index contributed by atoms with van der Waals surface area (Å²) in [6.07, 6.45) is 4.11. The van der Waals surface area contributed by atoms with Crippen LogP contribution >= 0.6 is 0 Å². The largest absolute Gasteiger partial charge is 0.446 e. The van der Waals surface area contributed by atoms with Gasteiger partial charge in [-0.05, 0) is 45.8 Å². The fourth-order valence-electron chi connectivity index (χ4n) is 2.27. The Morgan fingerprint density at radius 3 is 2.68 bits per heavy atom. The van der Waals surface area contributed by atoms with E-state index in [0.29, 0.717) is 11.6 Å². The number of aromatic nitrogens is 1. The molecule has 22 heavy (non-hydrogen) atoms. The van der Waals surface area contributed by atoms with Crippen LogP contribution in [0.1, 0.15) is 69.4 Å². The minimum Gasteiger partial charge on any atom is -0.446 e. The molecule has 126 valence electrons. The molecule has 1 heterocycles. The summed E-state index contributed by atoms with van der Waals surface area (Å²) in [5.74, 6) is 0.218. The lowest BCUT2D eigenvalue weighted by molar-refractivity contribution is 0.0932. The number of carbonyl (C=O) groups excluding carboxylic acids is 1. The molecule has 1 aromatic heterocycles. The Balaban J connectivity index is 2.39. The minimum atomic E-state index is -0.256. The van der Waals surface area contributed by atoms with Gasteiger partial charge in [-0.3, -0.25) is 4.79 Å². The quantitative estimate of drug-likeness (QED) is 0.693. The molecule has 0 spiro atoms. The number of nitrogens with two attached hydrogens (primary N) is 1. The zero-order valence-corrected chi connectivity index (χ0v) is 14.3. The average Bonchev–Trinajstić information content (AvgIpc) is 3.00. The molecule has 3 N–H and O–H groups in total. The van der Waals surface area contributed by atoms with E-state index in [4.69, 9.17) is 10.2 Å². The van der Waals surface area contributed by atoms with Gasteiger partial charge in [-0.15, -0.1) is 0 Å². The van der Waals surface area contributed by atoms with Crippen LogP contribution < -0.4 is 11.1 Å². The van der Waals surface area contributed by atoms with Crippen molar-refractivity contribution in [2.24, 2.45) is 5.73 Å². The van der Waals surface area contributed by atoms with Crippen molar-refractivity contribution in [2.75, 3.05) is 19.6 Å². The maximum atomic E-state index is 12.1. The first-order valence-electron chi connectivity index (χ1n) is 8.25. The predicted molar refractivity (Wildman–Crippen MR) is 87.7 cm³/mol. The van der Waals surface area contributed by atoms with Gasteiger partial charge in [0.25, 0.3) is 5.91 Å². The zero-order chi connectivity index (χ0) is 16.5. The van der Waals surface area contributed by atoms with Crippen molar-refractivity contribution in [1.82, 2.24) is 15.2 Å². The number of rotatable bonds is 10. The molecule has 1 aromatic rings. The average molecular weight is 310 g/mol. The lowest BCUT2D eigenvalue weighted by Crippen LogP contribution is -2.34. The molecule has 1 rings (SSSR count). The van der Waals surface area contributed by atoms with Crippen molar-refractivity contribution < 1.29 is 9.21 Å². The van der Waals surface area contributed by atoms with E-state index in [-0.39, 0.29) is 18.0 Å². The Labute approximate surface area is 133 Å². The van der Waals surface area contributed by atoms with Gasteiger partial charge >= 0.3 is 0 Å². The topological polar surface area (TPSA) is 84.4 Å². The van der Waals surface area contributed by atoms with E-state index < -0.39 is 0 Å². The van der Waals surface area contributed by atoms with E-state index in [9.17, 15) is 4.79 Å². The molecule has 0 aliphatic heterocycles. The van der Waals surface area contributed by atoms with Crippen molar-refractivity contribution in [2.45, 2.75) is 59.0 Å². The molecule has 0 aliphatic carbocycles. The Morgan fingerprint density at radius 2 is 2.09 bits per heavy atom. The first-order valence-corrected chi connectivity index (χ1v) is 8.25. The number of nitrogens with one attached hydrogen (secondary N) is 1. The van der Waals surface area contributed by atoms with Crippen molar-refractivity contribution in [3.05, 3.63) is 17.8 Å². The minimum absolute atomic E-state index is 0.114. The van der Waals surface area contributed by atoms with Gasteiger partial charge in [0, 0.05) is 6.04 Å². The number of nitrogens with zero attached hydrogens (tertiary/aromatic N) is 2. The summed E-state index contributed by atoms with van der Waals surface area (Å²) >= 11 is 0. The second kappa shape index (κ2) is 9.58. The number of hydrogen-bond donors (Lipinski definition) is 2. The molecule has 2 unspecified atom stereocenters. The van der Waals surface area contributed by atoms with Crippen molar-refractivity contribution in [1.29, 1.82) is 0 Å². The smallest absolute Gasteiger partial charge is 0.273 e. The van der Waals surface area contributed by atoms with Gasteiger partial charge < -0.3 is 20.4 Å². The first kappa shape index (κ1) is 18.6. The van der Waals surface area contributed by atoms with Gasteiger partial charge in [0.2, 0.25) is 5.89 Å². The molecular weight excluding hydrogens is 280 g/mol. The maximum Gasteiger partial charge on any atom is 0.273 e. The highest BCUT2D eigenvalue weighted by Gasteiger charge is 2.17. The molecule has 0 bridgehead atoms. The highest BCUT2D eigenvalue weighted by molar-refractivity contribution is 5.92. The molecule has 0 aliphatic rings. The normalized spacial score (nSPS) is 14.1. The Kier molecular flexibility index (Phi) is 8.12. The molecule has 0 radical (unpaired) electrons. The summed E-state index contributed by atoms with van der Waals surface area (Å²) in [7, 11) is 0. The molecule has 0 saturated carbocycles. The third-order valence-electron chi connectivity index (χ3n) is 3.90. The molecule has 1 amide bonds. The third-order valence-corrected chi connectivity index (χ3v) is 3.90. The van der Waals surface area contributed by atoms with Crippen LogP contribution in [-0.4, -0.2) is 41.5 Å². The Hall–Kier alpha value is -1.40. The highest BCUT2D eigenvalue weighted by atomic mass is 16.3. The van der Waals surface area contributed by atoms with Crippen LogP contribution in [0, 0.1) is 0 Å². The van der Waals surface area contributed by atoms with Crippen LogP contribution in [0.4, 0.5) is 0 Å². The molecular formula is C16H30N4O2. The van der Waals surface area contributed by atoms with Gasteiger partial charge in [-0.25, -0.2) is 4.98 Å². The second-order valence-electron chi connectivity index (χ2n) is 5.63. The number of carbonyl (C=O) groups is 1. The Bertz CT molecular complexity index is 443. The standard InChI is InChI=1S/C16H30N4O2/c1-5-13(17)16-19-14(11-22-16)15(21)18-12(4)9-8-10-20(6-2)7-3/h11-13H,5-10,17H2,1-4H3,(H,18,21). The summed E-state index contributed by atoms with van der Waals surface area (Å²) in [5.41, 5.74) is 6.14. The van der Waals surface area contributed by atoms with Gasteiger partial charge in [0.05, 0.1) is 6.04 Å². The van der Waals surface area contributed by atoms with Crippen LogP contribution in [0.15, 0.2) is 10.7 Å². The molecule has 0 aromatic carbocycles. The second-order valence-corrected chi connectivity index (χ2v) is 5.63. The summed E-state index contributed by atoms with van der Waals surface area (Å²) < 4.78 is 5.26. The van der Waals surface area contributed by atoms with Crippen LogP contribution in [0.3, 0.4) is 0 Å². The summed E-state index contributed by atoms with van der Waals surface area (Å²) in [6, 6.07) is -0.142. The summed E-state index contributed by atoms with van der Waals surface area (Å²) in [5, 5.41) is 2.96. The summed E-state index contributed by atoms with van der Waals surface area (Å²) in [4.78, 5) is 18.6. The molecule has 0 saturated heterocycles. The number of hydrogen-bond acceptors (Lipinski definition) is 5. The first-order chi connectivity index (χ1) is 10.5. The molecule has 6 heteroatoms. The molecule has 2 atom stereocenters. The maximum absolute atomic E-state index is 12.1. The summed E-state index contributed by atoms with van der Waals surface area (Å²) in [6.45, 7) is 11.5. The Morgan fingerprint density at radius 1 is 1.41 bits per heavy atom. The van der Waals surface area contributed by atoms with E-state index in [1.165, 1.54) is 6.26 Å². The van der Waals surface area contributed by atoms with Crippen LogP contribution in [0.25, 0.3) is 0 Å². The van der Waals surface area contributed by atoms with Crippen LogP contribution in [-0.2, 0) is 0 Å². The fraction of sp³-hybridized carbons (Fsp3) is 0.750. The monoisotopic (exact) mass is 310 g/mol. The molecule has 0 fully saturated rings. The molecule has 6 nitrogen and oxygen atoms in total. The van der Waals surface area contributed by atoms with E-state index in [2.05, 4.69) is 29.0 Å². The fourth-order valence-corrected chi connectivity index (χ4v) is 2.27. The lowest BCUT2D eigenvalue weighted by Gasteiger charge is -2.19. The van der Waals surface area contributed by atoms with Crippen molar-refractivity contribution in [3.8, 4) is 0 Å². The van der Waals surface area contributed by atoms with E-state index in [1.54, 1.807) is 0 Å². The lowest BCUT2D eigenvalue weighted by atomic mass is 10.1. The van der Waals surface area contributed by atoms with Crippen LogP contribution in [0.2, 0.25) is 0 Å². The van der Waals surface area contributed by atoms with E-state index >= 15 is 0 Å². The van der Waals surface area contributed by atoms with E-state index in [1.807, 2.05) is 13.8 Å². The van der Waals surface area contributed by atoms with Gasteiger partial charge in [0.1, 0.15) is 6.26 Å². The van der Waals surface area contributed by atoms with E-state index in [0.717, 1.165) is 38.9 Å².